The molecule has 12 heavy (non-hydrogen) atoms. The maximum Gasteiger partial charge on any atom is 0.294 e. The summed E-state index contributed by atoms with van der Waals surface area (Å²) in [4.78, 5) is -0.0741. The molecule has 0 bridgehead atoms. The van der Waals surface area contributed by atoms with Gasteiger partial charge in [-0.1, -0.05) is 18.2 Å². The van der Waals surface area contributed by atoms with Crippen molar-refractivity contribution >= 4 is 39.7 Å². The van der Waals surface area contributed by atoms with Crippen LogP contribution in [0.1, 0.15) is 0 Å². The summed E-state index contributed by atoms with van der Waals surface area (Å²) in [6.07, 6.45) is 0. The van der Waals surface area contributed by atoms with Crippen LogP contribution in [0.4, 0.5) is 0 Å². The van der Waals surface area contributed by atoms with E-state index in [2.05, 4.69) is 0 Å². The zero-order valence-corrected chi connectivity index (χ0v) is 9.38. The number of hydrogen-bond acceptors (Lipinski definition) is 2. The summed E-state index contributed by atoms with van der Waals surface area (Å²) in [5.74, 6) is 0. The topological polar surface area (TPSA) is 85.9 Å². The van der Waals surface area contributed by atoms with E-state index in [0.717, 1.165) is 0 Å². The average Bonchev–Trinajstić information content (AvgIpc) is 1.88. The van der Waals surface area contributed by atoms with Gasteiger partial charge in [0.25, 0.3) is 10.1 Å². The van der Waals surface area contributed by atoms with Crippen LogP contribution in [0.15, 0.2) is 35.2 Å². The summed E-state index contributed by atoms with van der Waals surface area (Å²) >= 11 is 0. The van der Waals surface area contributed by atoms with E-state index in [-0.39, 0.29) is 39.9 Å². The average molecular weight is 199 g/mol. The number of hydrogen-bond donors (Lipinski definition) is 1. The van der Waals surface area contributed by atoms with E-state index in [1.807, 2.05) is 0 Å². The van der Waals surface area contributed by atoms with Gasteiger partial charge in [-0.2, -0.15) is 8.42 Å². The smallest absolute Gasteiger partial charge is 0.294 e. The molecule has 0 aromatic heterocycles. The minimum Gasteiger partial charge on any atom is -0.412 e. The van der Waals surface area contributed by atoms with Gasteiger partial charge in [0.1, 0.15) is 0 Å². The van der Waals surface area contributed by atoms with Gasteiger partial charge in [-0.25, -0.2) is 0 Å². The van der Waals surface area contributed by atoms with E-state index in [0.29, 0.717) is 0 Å². The molecule has 0 fully saturated rings. The minimum atomic E-state index is -4.00. The van der Waals surface area contributed by atoms with Crippen molar-refractivity contribution in [3.63, 3.8) is 0 Å². The van der Waals surface area contributed by atoms with E-state index in [1.165, 1.54) is 12.1 Å². The fourth-order valence-corrected chi connectivity index (χ4v) is 1.09. The third-order valence-corrected chi connectivity index (χ3v) is 1.91. The normalized spacial score (nSPS) is 9.42. The van der Waals surface area contributed by atoms with E-state index in [4.69, 9.17) is 4.55 Å². The molecular weight excluding hydrogens is 191 g/mol. The largest absolute Gasteiger partial charge is 0.412 e. The molecule has 0 aliphatic rings. The van der Waals surface area contributed by atoms with Gasteiger partial charge in [-0.15, -0.1) is 0 Å². The van der Waals surface area contributed by atoms with Gasteiger partial charge in [-0.3, -0.25) is 4.55 Å². The fraction of sp³-hybridized carbons (Fsp3) is 0. The molecule has 1 rings (SSSR count). The van der Waals surface area contributed by atoms with Crippen LogP contribution in [-0.4, -0.2) is 48.0 Å². The third-order valence-electron chi connectivity index (χ3n) is 1.04. The van der Waals surface area contributed by atoms with Crippen molar-refractivity contribution in [2.45, 2.75) is 4.90 Å². The maximum absolute atomic E-state index is 10.4. The first kappa shape index (κ1) is 14.6. The van der Waals surface area contributed by atoms with Gasteiger partial charge in [0.15, 0.2) is 0 Å². The molecule has 0 aliphatic heterocycles. The first-order chi connectivity index (χ1) is 4.61. The van der Waals surface area contributed by atoms with E-state index < -0.39 is 10.1 Å². The first-order valence-corrected chi connectivity index (χ1v) is 4.07. The zero-order chi connectivity index (χ0) is 7.61. The van der Waals surface area contributed by atoms with Crippen molar-refractivity contribution < 1.29 is 18.4 Å². The number of rotatable bonds is 1. The molecule has 3 N–H and O–H groups in total. The third kappa shape index (κ3) is 4.20. The van der Waals surface area contributed by atoms with Gasteiger partial charge in [-0.05, 0) is 12.1 Å². The van der Waals surface area contributed by atoms with Crippen LogP contribution in [0.2, 0.25) is 0 Å². The Morgan fingerprint density at radius 2 is 1.50 bits per heavy atom. The van der Waals surface area contributed by atoms with Crippen molar-refractivity contribution in [1.29, 1.82) is 0 Å². The van der Waals surface area contributed by atoms with Crippen molar-refractivity contribution in [2.24, 2.45) is 0 Å². The van der Waals surface area contributed by atoms with Gasteiger partial charge in [0, 0.05) is 29.6 Å². The molecule has 0 saturated heterocycles. The molecule has 1 aromatic carbocycles. The Bertz CT molecular complexity index is 308. The molecule has 0 amide bonds. The van der Waals surface area contributed by atoms with E-state index in [9.17, 15) is 8.42 Å². The van der Waals surface area contributed by atoms with Crippen LogP contribution in [0.3, 0.4) is 0 Å². The predicted molar refractivity (Wildman–Crippen MR) is 45.6 cm³/mol. The molecule has 0 aliphatic carbocycles. The molecule has 6 heteroatoms. The van der Waals surface area contributed by atoms with Crippen molar-refractivity contribution in [1.82, 2.24) is 0 Å². The van der Waals surface area contributed by atoms with Crippen molar-refractivity contribution in [3.8, 4) is 0 Å². The van der Waals surface area contributed by atoms with Crippen molar-refractivity contribution in [3.05, 3.63) is 30.3 Å². The SMILES string of the molecule is O.O=S(=O)(O)c1ccccc1.[Na]. The zero-order valence-electron chi connectivity index (χ0n) is 6.56. The maximum atomic E-state index is 10.4. The summed E-state index contributed by atoms with van der Waals surface area (Å²) in [6.45, 7) is 0. The molecular formula is C6H8NaO4S. The minimum absolute atomic E-state index is 0. The van der Waals surface area contributed by atoms with Crippen molar-refractivity contribution in [2.75, 3.05) is 0 Å². The van der Waals surface area contributed by atoms with E-state index >= 15 is 0 Å². The predicted octanol–water partition coefficient (Wildman–Crippen LogP) is -0.272. The molecule has 0 atom stereocenters. The Hall–Kier alpha value is 0.0900. The van der Waals surface area contributed by atoms with E-state index in [1.54, 1.807) is 18.2 Å². The second kappa shape index (κ2) is 5.69. The van der Waals surface area contributed by atoms with Gasteiger partial charge < -0.3 is 5.48 Å². The first-order valence-electron chi connectivity index (χ1n) is 2.63. The molecule has 63 valence electrons. The Balaban J connectivity index is 0. The Morgan fingerprint density at radius 3 is 1.75 bits per heavy atom. The Kier molecular flexibility index (Phi) is 6.92. The molecule has 0 saturated carbocycles. The summed E-state index contributed by atoms with van der Waals surface area (Å²) in [5, 5.41) is 0. The van der Waals surface area contributed by atoms with Gasteiger partial charge >= 0.3 is 0 Å². The van der Waals surface area contributed by atoms with Crippen LogP contribution in [0.5, 0.6) is 0 Å². The summed E-state index contributed by atoms with van der Waals surface area (Å²) < 4.78 is 29.2. The summed E-state index contributed by atoms with van der Waals surface area (Å²) in [7, 11) is -4.00. The number of benzene rings is 1. The van der Waals surface area contributed by atoms with Crippen LogP contribution in [0, 0.1) is 0 Å². The summed E-state index contributed by atoms with van der Waals surface area (Å²) in [5.41, 5.74) is 0. The molecule has 0 unspecified atom stereocenters. The van der Waals surface area contributed by atoms with Crippen LogP contribution >= 0.6 is 0 Å². The monoisotopic (exact) mass is 199 g/mol. The van der Waals surface area contributed by atoms with Gasteiger partial charge in [0.2, 0.25) is 0 Å². The summed E-state index contributed by atoms with van der Waals surface area (Å²) in [6, 6.07) is 7.42. The van der Waals surface area contributed by atoms with Crippen LogP contribution in [-0.2, 0) is 10.1 Å². The second-order valence-corrected chi connectivity index (χ2v) is 3.21. The fourth-order valence-electron chi connectivity index (χ4n) is 0.592. The van der Waals surface area contributed by atoms with Gasteiger partial charge in [0.05, 0.1) is 4.90 Å². The standard InChI is InChI=1S/C6H6O3S.Na.H2O/c7-10(8,9)6-4-2-1-3-5-6;;/h1-5H,(H,7,8,9);;1H2. The second-order valence-electron chi connectivity index (χ2n) is 1.79. The molecule has 1 radical (unpaired) electrons. The van der Waals surface area contributed by atoms with Crippen LogP contribution < -0.4 is 0 Å². The molecule has 0 spiro atoms. The Morgan fingerprint density at radius 1 is 1.08 bits per heavy atom. The molecule has 4 nitrogen and oxygen atoms in total. The quantitative estimate of drug-likeness (QED) is 0.499. The molecule has 0 heterocycles. The molecule has 1 aromatic rings. The Labute approximate surface area is 93.0 Å². The van der Waals surface area contributed by atoms with Crippen LogP contribution in [0.25, 0.3) is 0 Å².